The number of rotatable bonds is 9. The van der Waals surface area contributed by atoms with Crippen LogP contribution in [-0.4, -0.2) is 34.4 Å². The maximum absolute atomic E-state index is 4.75. The smallest absolute Gasteiger partial charge is 0.191 e. The van der Waals surface area contributed by atoms with E-state index in [9.17, 15) is 0 Å². The summed E-state index contributed by atoms with van der Waals surface area (Å²) in [7, 11) is 0. The average Bonchev–Trinajstić information content (AvgIpc) is 3.15. The zero-order valence-corrected chi connectivity index (χ0v) is 18.0. The summed E-state index contributed by atoms with van der Waals surface area (Å²) < 4.78 is 2.15. The van der Waals surface area contributed by atoms with Crippen molar-refractivity contribution in [3.63, 3.8) is 0 Å². The van der Waals surface area contributed by atoms with Crippen LogP contribution in [0, 0.1) is 6.92 Å². The molecule has 5 nitrogen and oxygen atoms in total. The summed E-state index contributed by atoms with van der Waals surface area (Å²) >= 11 is 1.85. The van der Waals surface area contributed by atoms with Crippen LogP contribution in [0.25, 0.3) is 0 Å². The van der Waals surface area contributed by atoms with Crippen molar-refractivity contribution in [2.75, 3.05) is 18.8 Å². The largest absolute Gasteiger partial charge is 0.357 e. The first-order valence-corrected chi connectivity index (χ1v) is 11.0. The van der Waals surface area contributed by atoms with Gasteiger partial charge in [-0.25, -0.2) is 9.98 Å². The molecule has 1 aromatic heterocycles. The van der Waals surface area contributed by atoms with Gasteiger partial charge in [0.2, 0.25) is 0 Å². The van der Waals surface area contributed by atoms with E-state index in [4.69, 9.17) is 4.99 Å². The predicted octanol–water partition coefficient (Wildman–Crippen LogP) is 4.09. The Morgan fingerprint density at radius 2 is 1.90 bits per heavy atom. The van der Waals surface area contributed by atoms with Crippen LogP contribution in [0.15, 0.2) is 76.9 Å². The van der Waals surface area contributed by atoms with Gasteiger partial charge < -0.3 is 15.2 Å². The van der Waals surface area contributed by atoms with Crippen molar-refractivity contribution < 1.29 is 0 Å². The Morgan fingerprint density at radius 3 is 2.66 bits per heavy atom. The Labute approximate surface area is 177 Å². The fourth-order valence-electron chi connectivity index (χ4n) is 2.96. The number of nitrogens with one attached hydrogen (secondary N) is 2. The number of aromatic nitrogens is 2. The molecule has 3 aromatic rings. The molecule has 2 aromatic carbocycles. The Balaban J connectivity index is 1.52. The fourth-order valence-corrected chi connectivity index (χ4v) is 3.75. The van der Waals surface area contributed by atoms with Crippen LogP contribution < -0.4 is 10.6 Å². The third kappa shape index (κ3) is 6.98. The SMILES string of the molecule is CCNC(=NCc1cccc(Cn2ccnc2C)c1)NCCSc1ccccc1. The second-order valence-electron chi connectivity index (χ2n) is 6.71. The topological polar surface area (TPSA) is 54.2 Å². The third-order valence-corrected chi connectivity index (χ3v) is 5.45. The van der Waals surface area contributed by atoms with Gasteiger partial charge in [-0.1, -0.05) is 42.5 Å². The lowest BCUT2D eigenvalue weighted by Crippen LogP contribution is -2.38. The normalized spacial score (nSPS) is 11.4. The van der Waals surface area contributed by atoms with Gasteiger partial charge in [-0.15, -0.1) is 11.8 Å². The number of thioether (sulfide) groups is 1. The molecule has 0 aliphatic rings. The van der Waals surface area contributed by atoms with E-state index in [0.29, 0.717) is 6.54 Å². The number of imidazole rings is 1. The molecule has 0 aliphatic carbocycles. The van der Waals surface area contributed by atoms with E-state index in [1.807, 2.05) is 37.1 Å². The minimum absolute atomic E-state index is 0.651. The van der Waals surface area contributed by atoms with Crippen molar-refractivity contribution in [2.45, 2.75) is 31.8 Å². The minimum atomic E-state index is 0.651. The molecule has 1 heterocycles. The molecule has 0 atom stereocenters. The van der Waals surface area contributed by atoms with Crippen molar-refractivity contribution in [1.29, 1.82) is 0 Å². The lowest BCUT2D eigenvalue weighted by atomic mass is 10.1. The molecule has 6 heteroatoms. The average molecular weight is 408 g/mol. The minimum Gasteiger partial charge on any atom is -0.357 e. The van der Waals surface area contributed by atoms with E-state index in [-0.39, 0.29) is 0 Å². The molecule has 2 N–H and O–H groups in total. The van der Waals surface area contributed by atoms with Gasteiger partial charge in [-0.05, 0) is 37.1 Å². The van der Waals surface area contributed by atoms with Crippen molar-refractivity contribution in [1.82, 2.24) is 20.2 Å². The summed E-state index contributed by atoms with van der Waals surface area (Å²) in [6.45, 7) is 7.31. The first-order chi connectivity index (χ1) is 14.2. The number of guanidine groups is 1. The number of aliphatic imine (C=N–C) groups is 1. The van der Waals surface area contributed by atoms with Crippen LogP contribution in [0.2, 0.25) is 0 Å². The first-order valence-electron chi connectivity index (χ1n) is 10.00. The second-order valence-corrected chi connectivity index (χ2v) is 7.87. The van der Waals surface area contributed by atoms with Crippen LogP contribution in [0.1, 0.15) is 23.9 Å². The van der Waals surface area contributed by atoms with E-state index >= 15 is 0 Å². The summed E-state index contributed by atoms with van der Waals surface area (Å²) in [6, 6.07) is 19.1. The van der Waals surface area contributed by atoms with E-state index in [0.717, 1.165) is 37.2 Å². The standard InChI is InChI=1S/C23H29N5S/c1-3-24-23(26-13-15-29-22-10-5-4-6-11-22)27-17-20-8-7-9-21(16-20)18-28-14-12-25-19(28)2/h4-12,14,16H,3,13,15,17-18H2,1-2H3,(H2,24,26,27). The number of hydrogen-bond acceptors (Lipinski definition) is 3. The summed E-state index contributed by atoms with van der Waals surface area (Å²) in [4.78, 5) is 10.3. The molecule has 0 radical (unpaired) electrons. The van der Waals surface area contributed by atoms with Gasteiger partial charge in [-0.3, -0.25) is 0 Å². The first kappa shape index (κ1) is 21.0. The number of hydrogen-bond donors (Lipinski definition) is 2. The molecule has 29 heavy (non-hydrogen) atoms. The van der Waals surface area contributed by atoms with Gasteiger partial charge in [0.05, 0.1) is 6.54 Å². The lowest BCUT2D eigenvalue weighted by Gasteiger charge is -2.11. The van der Waals surface area contributed by atoms with Gasteiger partial charge >= 0.3 is 0 Å². The van der Waals surface area contributed by atoms with Gasteiger partial charge in [0.1, 0.15) is 5.82 Å². The van der Waals surface area contributed by atoms with Crippen molar-refractivity contribution in [2.24, 2.45) is 4.99 Å². The van der Waals surface area contributed by atoms with Crippen LogP contribution in [0.5, 0.6) is 0 Å². The maximum atomic E-state index is 4.75. The van der Waals surface area contributed by atoms with Gasteiger partial charge in [0.15, 0.2) is 5.96 Å². The monoisotopic (exact) mass is 407 g/mol. The lowest BCUT2D eigenvalue weighted by molar-refractivity contribution is 0.760. The Bertz CT molecular complexity index is 904. The Hall–Kier alpha value is -2.73. The van der Waals surface area contributed by atoms with E-state index < -0.39 is 0 Å². The summed E-state index contributed by atoms with van der Waals surface area (Å²) in [6.07, 6.45) is 3.86. The van der Waals surface area contributed by atoms with Crippen LogP contribution in [0.3, 0.4) is 0 Å². The second kappa shape index (κ2) is 11.3. The van der Waals surface area contributed by atoms with Crippen LogP contribution in [-0.2, 0) is 13.1 Å². The Kier molecular flexibility index (Phi) is 8.19. The zero-order chi connectivity index (χ0) is 20.3. The van der Waals surface area contributed by atoms with Crippen LogP contribution >= 0.6 is 11.8 Å². The molecular weight excluding hydrogens is 378 g/mol. The fraction of sp³-hybridized carbons (Fsp3) is 0.304. The van der Waals surface area contributed by atoms with Gasteiger partial charge in [-0.2, -0.15) is 0 Å². The highest BCUT2D eigenvalue weighted by Gasteiger charge is 2.02. The summed E-state index contributed by atoms with van der Waals surface area (Å²) in [5.74, 6) is 2.88. The maximum Gasteiger partial charge on any atom is 0.191 e. The Morgan fingerprint density at radius 1 is 1.07 bits per heavy atom. The molecule has 0 saturated heterocycles. The molecule has 0 spiro atoms. The van der Waals surface area contributed by atoms with Crippen molar-refractivity contribution in [3.05, 3.63) is 83.9 Å². The molecule has 0 saturated carbocycles. The molecule has 0 bridgehead atoms. The number of aryl methyl sites for hydroxylation is 1. The molecule has 0 fully saturated rings. The summed E-state index contributed by atoms with van der Waals surface area (Å²) in [5.41, 5.74) is 2.46. The molecule has 152 valence electrons. The van der Waals surface area contributed by atoms with E-state index in [1.165, 1.54) is 16.0 Å². The summed E-state index contributed by atoms with van der Waals surface area (Å²) in [5, 5.41) is 6.75. The van der Waals surface area contributed by atoms with E-state index in [2.05, 4.69) is 75.6 Å². The van der Waals surface area contributed by atoms with Gasteiger partial charge in [0, 0.05) is 42.7 Å². The number of benzene rings is 2. The molecule has 3 rings (SSSR count). The molecular formula is C23H29N5S. The number of nitrogens with zero attached hydrogens (tertiary/aromatic N) is 3. The molecule has 0 unspecified atom stereocenters. The van der Waals surface area contributed by atoms with E-state index in [1.54, 1.807) is 0 Å². The highest BCUT2D eigenvalue weighted by molar-refractivity contribution is 7.99. The highest BCUT2D eigenvalue weighted by Crippen LogP contribution is 2.15. The predicted molar refractivity (Wildman–Crippen MR) is 122 cm³/mol. The molecule has 0 amide bonds. The third-order valence-electron chi connectivity index (χ3n) is 4.44. The van der Waals surface area contributed by atoms with Crippen LogP contribution in [0.4, 0.5) is 0 Å². The quantitative estimate of drug-likeness (QED) is 0.243. The zero-order valence-electron chi connectivity index (χ0n) is 17.1. The van der Waals surface area contributed by atoms with Crippen molar-refractivity contribution in [3.8, 4) is 0 Å². The molecule has 0 aliphatic heterocycles. The van der Waals surface area contributed by atoms with Crippen molar-refractivity contribution >= 4 is 17.7 Å². The highest BCUT2D eigenvalue weighted by atomic mass is 32.2. The van der Waals surface area contributed by atoms with Gasteiger partial charge in [0.25, 0.3) is 0 Å².